The van der Waals surface area contributed by atoms with Crippen molar-refractivity contribution in [1.29, 1.82) is 0 Å². The molecule has 5 rings (SSSR count). The highest BCUT2D eigenvalue weighted by molar-refractivity contribution is 7.18. The minimum Gasteiger partial charge on any atom is -0.381 e. The van der Waals surface area contributed by atoms with Gasteiger partial charge in [-0.1, -0.05) is 30.7 Å². The molecule has 2 aromatic carbocycles. The lowest BCUT2D eigenvalue weighted by Gasteiger charge is -2.21. The van der Waals surface area contributed by atoms with Crippen LogP contribution in [-0.4, -0.2) is 33.7 Å². The number of anilines is 3. The summed E-state index contributed by atoms with van der Waals surface area (Å²) in [6.45, 7) is 3.43. The number of aromatic nitrogens is 3. The maximum absolute atomic E-state index is 13.5. The zero-order chi connectivity index (χ0) is 25.1. The summed E-state index contributed by atoms with van der Waals surface area (Å²) in [5, 5.41) is 7.77. The molecule has 8 nitrogen and oxygen atoms in total. The van der Waals surface area contributed by atoms with Crippen LogP contribution in [0.4, 0.5) is 17.3 Å². The van der Waals surface area contributed by atoms with Crippen LogP contribution in [0.5, 0.6) is 0 Å². The van der Waals surface area contributed by atoms with Crippen molar-refractivity contribution in [2.24, 2.45) is 5.92 Å². The van der Waals surface area contributed by atoms with Gasteiger partial charge in [-0.3, -0.25) is 14.2 Å². The molecule has 1 aliphatic heterocycles. The number of amides is 1. The van der Waals surface area contributed by atoms with Crippen LogP contribution < -0.4 is 16.2 Å². The van der Waals surface area contributed by atoms with E-state index in [4.69, 9.17) is 16.3 Å². The molecule has 3 heterocycles. The zero-order valence-corrected chi connectivity index (χ0v) is 21.4. The number of benzene rings is 2. The Morgan fingerprint density at radius 1 is 1.19 bits per heavy atom. The van der Waals surface area contributed by atoms with Crippen LogP contribution >= 0.6 is 22.9 Å². The van der Waals surface area contributed by atoms with Gasteiger partial charge in [-0.25, -0.2) is 9.97 Å². The number of aryl methyl sites for hydroxylation is 1. The van der Waals surface area contributed by atoms with Crippen molar-refractivity contribution < 1.29 is 9.53 Å². The molecule has 186 valence electrons. The lowest BCUT2D eigenvalue weighted by molar-refractivity contribution is -0.122. The Balaban J connectivity index is 1.47. The number of thiazole rings is 1. The minimum atomic E-state index is -0.338. The minimum absolute atomic E-state index is 0.150. The van der Waals surface area contributed by atoms with Crippen LogP contribution in [0.15, 0.2) is 53.5 Å². The number of hydrogen-bond donors (Lipinski definition) is 2. The van der Waals surface area contributed by atoms with Gasteiger partial charge in [0.1, 0.15) is 5.69 Å². The van der Waals surface area contributed by atoms with E-state index in [1.165, 1.54) is 10.8 Å². The number of halogens is 1. The van der Waals surface area contributed by atoms with Crippen molar-refractivity contribution in [1.82, 2.24) is 14.5 Å². The van der Waals surface area contributed by atoms with Gasteiger partial charge < -0.3 is 15.4 Å². The molecule has 10 heteroatoms. The molecule has 0 bridgehead atoms. The molecule has 4 aromatic rings. The quantitative estimate of drug-likeness (QED) is 0.344. The first kappa shape index (κ1) is 24.4. The van der Waals surface area contributed by atoms with Crippen LogP contribution in [0.2, 0.25) is 5.02 Å². The van der Waals surface area contributed by atoms with Crippen molar-refractivity contribution in [3.63, 3.8) is 0 Å². The van der Waals surface area contributed by atoms with E-state index < -0.39 is 0 Å². The predicted molar refractivity (Wildman–Crippen MR) is 144 cm³/mol. The maximum Gasteiger partial charge on any atom is 0.279 e. The van der Waals surface area contributed by atoms with Gasteiger partial charge in [-0.2, -0.15) is 0 Å². The first-order valence-electron chi connectivity index (χ1n) is 11.9. The summed E-state index contributed by atoms with van der Waals surface area (Å²) in [6, 6.07) is 13.2. The number of nitrogens with zero attached hydrogens (tertiary/aromatic N) is 3. The van der Waals surface area contributed by atoms with Crippen molar-refractivity contribution in [3.8, 4) is 0 Å². The predicted octanol–water partition coefficient (Wildman–Crippen LogP) is 5.23. The summed E-state index contributed by atoms with van der Waals surface area (Å²) >= 11 is 7.69. The van der Waals surface area contributed by atoms with Crippen molar-refractivity contribution in [2.45, 2.75) is 32.7 Å². The molecule has 36 heavy (non-hydrogen) atoms. The number of hydrogen-bond acceptors (Lipinski definition) is 7. The van der Waals surface area contributed by atoms with E-state index in [1.807, 2.05) is 30.3 Å². The first-order chi connectivity index (χ1) is 17.5. The molecule has 1 fully saturated rings. The first-order valence-corrected chi connectivity index (χ1v) is 13.1. The van der Waals surface area contributed by atoms with Gasteiger partial charge in [0.2, 0.25) is 11.9 Å². The van der Waals surface area contributed by atoms with Crippen molar-refractivity contribution >= 4 is 56.4 Å². The van der Waals surface area contributed by atoms with E-state index in [-0.39, 0.29) is 29.6 Å². The number of ether oxygens (including phenoxy) is 1. The fourth-order valence-electron chi connectivity index (χ4n) is 4.12. The number of fused-ring (bicyclic) bond motifs is 1. The molecule has 2 N–H and O–H groups in total. The van der Waals surface area contributed by atoms with E-state index in [9.17, 15) is 9.59 Å². The lowest BCUT2D eigenvalue weighted by atomic mass is 9.99. The van der Waals surface area contributed by atoms with Crippen LogP contribution in [-0.2, 0) is 22.5 Å². The number of carbonyl (C=O) groups excluding carboxylic acids is 1. The molecule has 0 atom stereocenters. The summed E-state index contributed by atoms with van der Waals surface area (Å²) in [7, 11) is 0. The van der Waals surface area contributed by atoms with E-state index in [0.29, 0.717) is 37.0 Å². The van der Waals surface area contributed by atoms with E-state index >= 15 is 0 Å². The Hall–Kier alpha value is -3.27. The second kappa shape index (κ2) is 10.8. The van der Waals surface area contributed by atoms with Gasteiger partial charge in [-0.15, -0.1) is 11.3 Å². The topological polar surface area (TPSA) is 98.1 Å². The van der Waals surface area contributed by atoms with Crippen LogP contribution in [0.3, 0.4) is 0 Å². The fraction of sp³-hybridized carbons (Fsp3) is 0.308. The summed E-state index contributed by atoms with van der Waals surface area (Å²) in [5.74, 6) is 0.0109. The Morgan fingerprint density at radius 3 is 2.72 bits per heavy atom. The molecule has 0 radical (unpaired) electrons. The average molecular weight is 524 g/mol. The molecule has 0 saturated carbocycles. The highest BCUT2D eigenvalue weighted by atomic mass is 35.5. The fourth-order valence-corrected chi connectivity index (χ4v) is 5.19. The van der Waals surface area contributed by atoms with Crippen molar-refractivity contribution in [3.05, 3.63) is 74.6 Å². The average Bonchev–Trinajstić information content (AvgIpc) is 3.32. The highest BCUT2D eigenvalue weighted by Gasteiger charge is 2.23. The standard InChI is InChI=1S/C26H26ClN5O3S/c1-2-23-30-20-8-7-19(13-22(20)36-23)29-26-28-14-21(31-24(33)17-9-11-35-12-10-17)25(34)32(26)15-16-3-5-18(27)6-4-16/h3-8,13-14,17H,2,9-12,15H2,1H3,(H,28,29)(H,31,33). The van der Waals surface area contributed by atoms with Gasteiger partial charge in [-0.05, 0) is 55.2 Å². The maximum atomic E-state index is 13.5. The number of rotatable bonds is 7. The second-order valence-corrected chi connectivity index (χ2v) is 10.2. The van der Waals surface area contributed by atoms with E-state index in [1.54, 1.807) is 23.5 Å². The summed E-state index contributed by atoms with van der Waals surface area (Å²) < 4.78 is 7.93. The van der Waals surface area contributed by atoms with Gasteiger partial charge in [0.05, 0.1) is 28.0 Å². The third-order valence-electron chi connectivity index (χ3n) is 6.14. The van der Waals surface area contributed by atoms with Gasteiger partial charge in [0.15, 0.2) is 0 Å². The SMILES string of the molecule is CCc1nc2ccc(Nc3ncc(NC(=O)C4CCOCC4)c(=O)n3Cc3ccc(Cl)cc3)cc2s1. The van der Waals surface area contributed by atoms with Crippen LogP contribution in [0, 0.1) is 5.92 Å². The second-order valence-electron chi connectivity index (χ2n) is 8.66. The molecule has 1 amide bonds. The van der Waals surface area contributed by atoms with Crippen molar-refractivity contribution in [2.75, 3.05) is 23.8 Å². The molecule has 1 aliphatic rings. The third kappa shape index (κ3) is 5.43. The normalized spacial score (nSPS) is 14.2. The van der Waals surface area contributed by atoms with E-state index in [2.05, 4.69) is 27.5 Å². The highest BCUT2D eigenvalue weighted by Crippen LogP contribution is 2.27. The Bertz CT molecular complexity index is 1440. The number of nitrogens with one attached hydrogen (secondary N) is 2. The monoisotopic (exact) mass is 523 g/mol. The summed E-state index contributed by atoms with van der Waals surface area (Å²) in [6.07, 6.45) is 3.57. The van der Waals surface area contributed by atoms with Crippen LogP contribution in [0.25, 0.3) is 10.2 Å². The Morgan fingerprint density at radius 2 is 1.97 bits per heavy atom. The van der Waals surface area contributed by atoms with E-state index in [0.717, 1.165) is 32.9 Å². The summed E-state index contributed by atoms with van der Waals surface area (Å²) in [4.78, 5) is 35.4. The van der Waals surface area contributed by atoms with Crippen LogP contribution in [0.1, 0.15) is 30.3 Å². The smallest absolute Gasteiger partial charge is 0.279 e. The molecule has 0 spiro atoms. The molecule has 1 saturated heterocycles. The molecular formula is C26H26ClN5O3S. The van der Waals surface area contributed by atoms with Gasteiger partial charge >= 0.3 is 0 Å². The molecule has 2 aromatic heterocycles. The summed E-state index contributed by atoms with van der Waals surface area (Å²) in [5.41, 5.74) is 2.43. The molecule has 0 unspecified atom stereocenters. The molecule has 0 aliphatic carbocycles. The third-order valence-corrected chi connectivity index (χ3v) is 7.56. The largest absolute Gasteiger partial charge is 0.381 e. The Labute approximate surface area is 217 Å². The Kier molecular flexibility index (Phi) is 7.31. The number of carbonyl (C=O) groups is 1. The lowest BCUT2D eigenvalue weighted by Crippen LogP contribution is -2.33. The molecular weight excluding hydrogens is 498 g/mol. The van der Waals surface area contributed by atoms with Gasteiger partial charge in [0.25, 0.3) is 5.56 Å². The van der Waals surface area contributed by atoms with Gasteiger partial charge in [0, 0.05) is 29.8 Å². The zero-order valence-electron chi connectivity index (χ0n) is 19.8.